The minimum absolute atomic E-state index is 0.153. The van der Waals surface area contributed by atoms with E-state index in [-0.39, 0.29) is 18.7 Å². The van der Waals surface area contributed by atoms with Crippen LogP contribution in [0.1, 0.15) is 26.2 Å². The van der Waals surface area contributed by atoms with Gasteiger partial charge in [-0.2, -0.15) is 0 Å². The number of hydrogen-bond donors (Lipinski definition) is 3. The minimum atomic E-state index is -0.153. The highest BCUT2D eigenvalue weighted by Gasteiger charge is 2.15. The average molecular weight is 230 g/mol. The third-order valence-corrected chi connectivity index (χ3v) is 2.75. The number of urea groups is 1. The molecule has 0 radical (unpaired) electrons. The fourth-order valence-corrected chi connectivity index (χ4v) is 1.66. The molecule has 1 aliphatic heterocycles. The maximum absolute atomic E-state index is 11.4. The van der Waals surface area contributed by atoms with Gasteiger partial charge in [-0.15, -0.1) is 0 Å². The van der Waals surface area contributed by atoms with Gasteiger partial charge in [-0.25, -0.2) is 4.79 Å². The van der Waals surface area contributed by atoms with Gasteiger partial charge in [0.2, 0.25) is 0 Å². The van der Waals surface area contributed by atoms with Crippen LogP contribution in [0.2, 0.25) is 0 Å². The third-order valence-electron chi connectivity index (χ3n) is 2.75. The molecule has 16 heavy (non-hydrogen) atoms. The molecule has 2 amide bonds. The van der Waals surface area contributed by atoms with Crippen molar-refractivity contribution in [2.24, 2.45) is 5.92 Å². The van der Waals surface area contributed by atoms with E-state index in [1.54, 1.807) is 0 Å². The van der Waals surface area contributed by atoms with Crippen molar-refractivity contribution >= 4 is 6.03 Å². The molecule has 3 N–H and O–H groups in total. The zero-order valence-electron chi connectivity index (χ0n) is 9.87. The van der Waals surface area contributed by atoms with Crippen LogP contribution in [0.3, 0.4) is 0 Å². The molecular weight excluding hydrogens is 208 g/mol. The highest BCUT2D eigenvalue weighted by atomic mass is 16.5. The zero-order valence-corrected chi connectivity index (χ0v) is 9.87. The van der Waals surface area contributed by atoms with E-state index in [9.17, 15) is 4.79 Å². The molecule has 1 saturated heterocycles. The lowest BCUT2D eigenvalue weighted by molar-refractivity contribution is 0.111. The largest absolute Gasteiger partial charge is 0.396 e. The van der Waals surface area contributed by atoms with Crippen LogP contribution in [0.5, 0.6) is 0 Å². The molecular formula is C11H22N2O3. The average Bonchev–Trinajstić information content (AvgIpc) is 2.77. The summed E-state index contributed by atoms with van der Waals surface area (Å²) in [5, 5.41) is 14.3. The number of rotatable bonds is 6. The van der Waals surface area contributed by atoms with Crippen LogP contribution < -0.4 is 10.6 Å². The number of ether oxygens (including phenoxy) is 1. The van der Waals surface area contributed by atoms with Crippen molar-refractivity contribution in [1.29, 1.82) is 0 Å². The maximum Gasteiger partial charge on any atom is 0.314 e. The maximum atomic E-state index is 11.4. The fraction of sp³-hybridized carbons (Fsp3) is 0.909. The molecule has 5 nitrogen and oxygen atoms in total. The van der Waals surface area contributed by atoms with Gasteiger partial charge < -0.3 is 20.5 Å². The van der Waals surface area contributed by atoms with E-state index in [4.69, 9.17) is 9.84 Å². The Hall–Kier alpha value is -0.810. The molecule has 0 bridgehead atoms. The van der Waals surface area contributed by atoms with E-state index in [1.165, 1.54) is 0 Å². The van der Waals surface area contributed by atoms with Gasteiger partial charge in [0.05, 0.1) is 6.10 Å². The minimum Gasteiger partial charge on any atom is -0.396 e. The van der Waals surface area contributed by atoms with Gasteiger partial charge in [-0.3, -0.25) is 0 Å². The van der Waals surface area contributed by atoms with Crippen LogP contribution in [0.4, 0.5) is 4.79 Å². The molecule has 94 valence electrons. The second kappa shape index (κ2) is 7.46. The van der Waals surface area contributed by atoms with Gasteiger partial charge >= 0.3 is 6.03 Å². The predicted molar refractivity (Wildman–Crippen MR) is 61.2 cm³/mol. The van der Waals surface area contributed by atoms with Crippen LogP contribution >= 0.6 is 0 Å². The Labute approximate surface area is 96.6 Å². The highest BCUT2D eigenvalue weighted by molar-refractivity contribution is 5.73. The molecule has 0 aliphatic carbocycles. The number of hydrogen-bond acceptors (Lipinski definition) is 3. The molecule has 2 atom stereocenters. The topological polar surface area (TPSA) is 70.6 Å². The summed E-state index contributed by atoms with van der Waals surface area (Å²) >= 11 is 0. The van der Waals surface area contributed by atoms with Crippen molar-refractivity contribution in [3.05, 3.63) is 0 Å². The summed E-state index contributed by atoms with van der Waals surface area (Å²) in [6.07, 6.45) is 3.01. The second-order valence-electron chi connectivity index (χ2n) is 4.34. The molecule has 2 unspecified atom stereocenters. The Balaban J connectivity index is 2.01. The standard InChI is InChI=1S/C11H22N2O3/c1-9(4-5-14)7-12-11(15)13-8-10-3-2-6-16-10/h9-10,14H,2-8H2,1H3,(H2,12,13,15). The number of aliphatic hydroxyl groups excluding tert-OH is 1. The molecule has 1 heterocycles. The van der Waals surface area contributed by atoms with Gasteiger partial charge in [0.25, 0.3) is 0 Å². The number of amides is 2. The van der Waals surface area contributed by atoms with Gasteiger partial charge in [-0.05, 0) is 25.2 Å². The SMILES string of the molecule is CC(CCO)CNC(=O)NCC1CCCO1. The van der Waals surface area contributed by atoms with E-state index in [1.807, 2.05) is 6.92 Å². The van der Waals surface area contributed by atoms with E-state index in [2.05, 4.69) is 10.6 Å². The summed E-state index contributed by atoms with van der Waals surface area (Å²) < 4.78 is 5.39. The summed E-state index contributed by atoms with van der Waals surface area (Å²) in [6.45, 7) is 4.15. The second-order valence-corrected chi connectivity index (χ2v) is 4.34. The molecule has 0 spiro atoms. The number of carbonyl (C=O) groups excluding carboxylic acids is 1. The molecule has 1 aliphatic rings. The van der Waals surface area contributed by atoms with Gasteiger partial charge in [0, 0.05) is 26.3 Å². The molecule has 0 aromatic rings. The summed E-state index contributed by atoms with van der Waals surface area (Å²) in [4.78, 5) is 11.4. The lowest BCUT2D eigenvalue weighted by Gasteiger charge is -2.14. The zero-order chi connectivity index (χ0) is 11.8. The smallest absolute Gasteiger partial charge is 0.314 e. The van der Waals surface area contributed by atoms with E-state index < -0.39 is 0 Å². The molecule has 0 aromatic carbocycles. The summed E-state index contributed by atoms with van der Waals surface area (Å²) in [5.74, 6) is 0.304. The quantitative estimate of drug-likeness (QED) is 0.621. The number of carbonyl (C=O) groups is 1. The van der Waals surface area contributed by atoms with E-state index in [0.717, 1.165) is 19.4 Å². The van der Waals surface area contributed by atoms with Gasteiger partial charge in [-0.1, -0.05) is 6.92 Å². The summed E-state index contributed by atoms with van der Waals surface area (Å²) in [5.41, 5.74) is 0. The lowest BCUT2D eigenvalue weighted by Crippen LogP contribution is -2.41. The first-order chi connectivity index (χ1) is 7.72. The van der Waals surface area contributed by atoms with Gasteiger partial charge in [0.15, 0.2) is 0 Å². The van der Waals surface area contributed by atoms with Crippen LogP contribution in [-0.2, 0) is 4.74 Å². The highest BCUT2D eigenvalue weighted by Crippen LogP contribution is 2.10. The van der Waals surface area contributed by atoms with Crippen LogP contribution in [0.15, 0.2) is 0 Å². The van der Waals surface area contributed by atoms with Crippen molar-refractivity contribution in [1.82, 2.24) is 10.6 Å². The summed E-state index contributed by atoms with van der Waals surface area (Å²) in [7, 11) is 0. The first kappa shape index (κ1) is 13.3. The van der Waals surface area contributed by atoms with Crippen LogP contribution in [0, 0.1) is 5.92 Å². The molecule has 1 rings (SSSR count). The Morgan fingerprint density at radius 3 is 3.00 bits per heavy atom. The van der Waals surface area contributed by atoms with E-state index in [0.29, 0.717) is 25.4 Å². The number of aliphatic hydroxyl groups is 1. The Morgan fingerprint density at radius 2 is 2.38 bits per heavy atom. The van der Waals surface area contributed by atoms with Gasteiger partial charge in [0.1, 0.15) is 0 Å². The predicted octanol–water partition coefficient (Wildman–Crippen LogP) is 0.483. The normalized spacial score (nSPS) is 21.8. The van der Waals surface area contributed by atoms with Crippen molar-refractivity contribution in [3.63, 3.8) is 0 Å². The monoisotopic (exact) mass is 230 g/mol. The van der Waals surface area contributed by atoms with E-state index >= 15 is 0 Å². The number of nitrogens with one attached hydrogen (secondary N) is 2. The Bertz CT molecular complexity index is 205. The first-order valence-electron chi connectivity index (χ1n) is 5.96. The summed E-state index contributed by atoms with van der Waals surface area (Å²) in [6, 6.07) is -0.153. The van der Waals surface area contributed by atoms with Crippen LogP contribution in [-0.4, -0.2) is 43.5 Å². The third kappa shape index (κ3) is 5.32. The Morgan fingerprint density at radius 1 is 1.56 bits per heavy atom. The molecule has 0 aromatic heterocycles. The first-order valence-corrected chi connectivity index (χ1v) is 5.96. The lowest BCUT2D eigenvalue weighted by atomic mass is 10.1. The van der Waals surface area contributed by atoms with Crippen molar-refractivity contribution in [2.75, 3.05) is 26.3 Å². The Kier molecular flexibility index (Phi) is 6.18. The molecule has 0 saturated carbocycles. The van der Waals surface area contributed by atoms with Crippen molar-refractivity contribution in [2.45, 2.75) is 32.3 Å². The molecule has 5 heteroatoms. The van der Waals surface area contributed by atoms with Crippen molar-refractivity contribution in [3.8, 4) is 0 Å². The van der Waals surface area contributed by atoms with Crippen molar-refractivity contribution < 1.29 is 14.6 Å². The fourth-order valence-electron chi connectivity index (χ4n) is 1.66. The van der Waals surface area contributed by atoms with Crippen LogP contribution in [0.25, 0.3) is 0 Å². The molecule has 1 fully saturated rings.